The van der Waals surface area contributed by atoms with E-state index >= 15 is 0 Å². The zero-order chi connectivity index (χ0) is 15.0. The van der Waals surface area contributed by atoms with E-state index in [0.29, 0.717) is 13.2 Å². The molecule has 0 aromatic carbocycles. The molecule has 9 heteroatoms. The quantitative estimate of drug-likeness (QED) is 0.613. The van der Waals surface area contributed by atoms with E-state index < -0.39 is 11.9 Å². The fourth-order valence-electron chi connectivity index (χ4n) is 1.35. The van der Waals surface area contributed by atoms with Crippen LogP contribution in [0.1, 0.15) is 30.3 Å². The molecule has 0 radical (unpaired) electrons. The second-order valence-electron chi connectivity index (χ2n) is 3.83. The molecule has 0 unspecified atom stereocenters. The van der Waals surface area contributed by atoms with E-state index in [0.717, 1.165) is 0 Å². The second-order valence-corrected chi connectivity index (χ2v) is 3.83. The summed E-state index contributed by atoms with van der Waals surface area (Å²) < 4.78 is 6.01. The molecule has 1 aromatic rings. The molecule has 0 saturated carbocycles. The number of hydrogen-bond acceptors (Lipinski definition) is 6. The first kappa shape index (κ1) is 15.6. The van der Waals surface area contributed by atoms with Crippen LogP contribution in [0.25, 0.3) is 0 Å². The van der Waals surface area contributed by atoms with Crippen molar-refractivity contribution in [2.24, 2.45) is 0 Å². The fraction of sp³-hybridized carbons (Fsp3) is 0.545. The number of amides is 1. The number of nitrogens with zero attached hydrogens (tertiary/aromatic N) is 3. The van der Waals surface area contributed by atoms with Crippen LogP contribution in [0.3, 0.4) is 0 Å². The number of carboxylic acids is 1. The van der Waals surface area contributed by atoms with Crippen molar-refractivity contribution in [3.05, 3.63) is 11.9 Å². The van der Waals surface area contributed by atoms with Crippen LogP contribution in [0.2, 0.25) is 0 Å². The zero-order valence-corrected chi connectivity index (χ0v) is 11.0. The number of esters is 1. The van der Waals surface area contributed by atoms with E-state index in [2.05, 4.69) is 15.6 Å². The number of carboxylic acid groups (broad SMARTS) is 1. The van der Waals surface area contributed by atoms with Crippen molar-refractivity contribution in [1.29, 1.82) is 0 Å². The maximum Gasteiger partial charge on any atom is 0.358 e. The Morgan fingerprint density at radius 2 is 2.15 bits per heavy atom. The molecule has 0 saturated heterocycles. The van der Waals surface area contributed by atoms with Gasteiger partial charge in [-0.05, 0) is 6.92 Å². The Morgan fingerprint density at radius 1 is 1.40 bits per heavy atom. The summed E-state index contributed by atoms with van der Waals surface area (Å²) in [5.74, 6) is -1.85. The van der Waals surface area contributed by atoms with Gasteiger partial charge in [-0.15, -0.1) is 5.10 Å². The van der Waals surface area contributed by atoms with Gasteiger partial charge in [-0.2, -0.15) is 0 Å². The van der Waals surface area contributed by atoms with Gasteiger partial charge >= 0.3 is 11.9 Å². The van der Waals surface area contributed by atoms with Crippen molar-refractivity contribution in [2.75, 3.05) is 13.2 Å². The van der Waals surface area contributed by atoms with Crippen LogP contribution in [0.5, 0.6) is 0 Å². The van der Waals surface area contributed by atoms with E-state index in [1.165, 1.54) is 10.9 Å². The van der Waals surface area contributed by atoms with E-state index in [9.17, 15) is 14.4 Å². The highest BCUT2D eigenvalue weighted by Gasteiger charge is 2.09. The van der Waals surface area contributed by atoms with Crippen molar-refractivity contribution < 1.29 is 24.2 Å². The molecule has 0 fully saturated rings. The molecule has 0 aliphatic carbocycles. The lowest BCUT2D eigenvalue weighted by molar-refractivity contribution is -0.144. The number of carbonyl (C=O) groups is 3. The molecule has 0 bridgehead atoms. The van der Waals surface area contributed by atoms with Crippen LogP contribution >= 0.6 is 0 Å². The van der Waals surface area contributed by atoms with Crippen molar-refractivity contribution >= 4 is 17.8 Å². The Morgan fingerprint density at radius 3 is 2.75 bits per heavy atom. The largest absolute Gasteiger partial charge is 0.476 e. The third kappa shape index (κ3) is 5.46. The molecule has 0 spiro atoms. The maximum absolute atomic E-state index is 11.4. The van der Waals surface area contributed by atoms with Crippen LogP contribution in [-0.2, 0) is 20.9 Å². The summed E-state index contributed by atoms with van der Waals surface area (Å²) in [6, 6.07) is 0. The molecular formula is C11H16N4O5. The summed E-state index contributed by atoms with van der Waals surface area (Å²) in [7, 11) is 0. The molecule has 1 rings (SSSR count). The summed E-state index contributed by atoms with van der Waals surface area (Å²) in [4.78, 5) is 33.0. The summed E-state index contributed by atoms with van der Waals surface area (Å²) in [6.45, 7) is 2.55. The fourth-order valence-corrected chi connectivity index (χ4v) is 1.35. The molecule has 0 aliphatic heterocycles. The molecule has 1 heterocycles. The molecular weight excluding hydrogens is 268 g/mol. The van der Waals surface area contributed by atoms with Gasteiger partial charge in [0.15, 0.2) is 5.69 Å². The minimum atomic E-state index is -1.16. The van der Waals surface area contributed by atoms with Gasteiger partial charge in [0.05, 0.1) is 25.8 Å². The lowest BCUT2D eigenvalue weighted by atomic mass is 10.3. The monoisotopic (exact) mass is 284 g/mol. The van der Waals surface area contributed by atoms with Crippen LogP contribution in [-0.4, -0.2) is 51.1 Å². The first-order chi connectivity index (χ1) is 9.52. The molecule has 20 heavy (non-hydrogen) atoms. The van der Waals surface area contributed by atoms with E-state index in [1.54, 1.807) is 6.92 Å². The second kappa shape index (κ2) is 7.87. The molecule has 110 valence electrons. The van der Waals surface area contributed by atoms with Gasteiger partial charge in [0.1, 0.15) is 0 Å². The van der Waals surface area contributed by atoms with E-state index in [1.807, 2.05) is 0 Å². The molecule has 9 nitrogen and oxygen atoms in total. The number of aromatic nitrogens is 3. The third-order valence-electron chi connectivity index (χ3n) is 2.28. The number of ether oxygens (including phenoxy) is 1. The van der Waals surface area contributed by atoms with Crippen molar-refractivity contribution in [2.45, 2.75) is 26.3 Å². The normalized spacial score (nSPS) is 10.1. The topological polar surface area (TPSA) is 123 Å². The first-order valence-electron chi connectivity index (χ1n) is 6.08. The van der Waals surface area contributed by atoms with E-state index in [4.69, 9.17) is 9.84 Å². The minimum Gasteiger partial charge on any atom is -0.476 e. The Hall–Kier alpha value is -2.45. The average molecular weight is 284 g/mol. The number of carbonyl (C=O) groups excluding carboxylic acids is 2. The summed E-state index contributed by atoms with van der Waals surface area (Å²) in [5, 5.41) is 18.3. The van der Waals surface area contributed by atoms with Gasteiger partial charge in [-0.1, -0.05) is 5.21 Å². The Balaban J connectivity index is 2.21. The molecule has 1 aromatic heterocycles. The minimum absolute atomic E-state index is 0.0339. The molecule has 1 amide bonds. The molecule has 0 aliphatic rings. The smallest absolute Gasteiger partial charge is 0.358 e. The standard InChI is InChI=1S/C11H16N4O5/c1-2-20-10(17)4-3-9(16)12-5-6-15-7-8(11(18)19)13-14-15/h7H,2-6H2,1H3,(H,12,16)(H,18,19). The zero-order valence-electron chi connectivity index (χ0n) is 11.0. The van der Waals surface area contributed by atoms with Crippen molar-refractivity contribution in [1.82, 2.24) is 20.3 Å². The summed E-state index contributed by atoms with van der Waals surface area (Å²) in [6.07, 6.45) is 1.36. The highest BCUT2D eigenvalue weighted by molar-refractivity contribution is 5.84. The predicted molar refractivity (Wildman–Crippen MR) is 65.9 cm³/mol. The Bertz CT molecular complexity index is 485. The average Bonchev–Trinajstić information content (AvgIpc) is 2.86. The summed E-state index contributed by atoms with van der Waals surface area (Å²) >= 11 is 0. The SMILES string of the molecule is CCOC(=O)CCC(=O)NCCn1cc(C(=O)O)nn1. The van der Waals surface area contributed by atoms with Gasteiger partial charge < -0.3 is 15.2 Å². The van der Waals surface area contributed by atoms with Crippen LogP contribution in [0.15, 0.2) is 6.20 Å². The Kier molecular flexibility index (Phi) is 6.14. The first-order valence-corrected chi connectivity index (χ1v) is 6.08. The highest BCUT2D eigenvalue weighted by Crippen LogP contribution is 1.94. The third-order valence-corrected chi connectivity index (χ3v) is 2.28. The van der Waals surface area contributed by atoms with Crippen LogP contribution in [0, 0.1) is 0 Å². The van der Waals surface area contributed by atoms with Gasteiger partial charge in [-0.3, -0.25) is 9.59 Å². The predicted octanol–water partition coefficient (Wildman–Crippen LogP) is -0.564. The van der Waals surface area contributed by atoms with Crippen LogP contribution < -0.4 is 5.32 Å². The van der Waals surface area contributed by atoms with Gasteiger partial charge in [0.25, 0.3) is 0 Å². The molecule has 0 atom stereocenters. The van der Waals surface area contributed by atoms with Gasteiger partial charge in [0.2, 0.25) is 5.91 Å². The van der Waals surface area contributed by atoms with Gasteiger partial charge in [0, 0.05) is 13.0 Å². The number of aromatic carboxylic acids is 1. The van der Waals surface area contributed by atoms with Crippen molar-refractivity contribution in [3.8, 4) is 0 Å². The summed E-state index contributed by atoms with van der Waals surface area (Å²) in [5.41, 5.74) is -0.154. The van der Waals surface area contributed by atoms with Crippen molar-refractivity contribution in [3.63, 3.8) is 0 Å². The number of rotatable bonds is 8. The van der Waals surface area contributed by atoms with Gasteiger partial charge in [-0.25, -0.2) is 9.48 Å². The Labute approximate surface area is 114 Å². The number of hydrogen-bond donors (Lipinski definition) is 2. The van der Waals surface area contributed by atoms with Crippen LogP contribution in [0.4, 0.5) is 0 Å². The maximum atomic E-state index is 11.4. The highest BCUT2D eigenvalue weighted by atomic mass is 16.5. The number of nitrogens with one attached hydrogen (secondary N) is 1. The molecule has 2 N–H and O–H groups in total. The lowest BCUT2D eigenvalue weighted by Gasteiger charge is -2.04. The lowest BCUT2D eigenvalue weighted by Crippen LogP contribution is -2.27. The van der Waals surface area contributed by atoms with E-state index in [-0.39, 0.29) is 31.0 Å².